The predicted molar refractivity (Wildman–Crippen MR) is 152 cm³/mol. The molecule has 0 aromatic heterocycles. The largest absolute Gasteiger partial charge is 0.481 e. The van der Waals surface area contributed by atoms with Gasteiger partial charge in [-0.2, -0.15) is 0 Å². The fourth-order valence-corrected chi connectivity index (χ4v) is 5.35. The van der Waals surface area contributed by atoms with Gasteiger partial charge in [0.25, 0.3) is 0 Å². The van der Waals surface area contributed by atoms with E-state index in [1.807, 2.05) is 70.2 Å². The molecule has 2 amide bonds. The fourth-order valence-electron chi connectivity index (χ4n) is 5.35. The minimum Gasteiger partial charge on any atom is -0.402 e. The molecule has 1 saturated heterocycles. The second-order valence-electron chi connectivity index (χ2n) is 12.3. The van der Waals surface area contributed by atoms with Crippen LogP contribution in [-0.4, -0.2) is 42.1 Å². The maximum atomic E-state index is 13.8. The summed E-state index contributed by atoms with van der Waals surface area (Å²) in [4.78, 5) is 27.3. The molecule has 0 bridgehead atoms. The van der Waals surface area contributed by atoms with Crippen LogP contribution < -0.4 is 10.6 Å². The molecule has 7 heteroatoms. The van der Waals surface area contributed by atoms with E-state index in [2.05, 4.69) is 36.6 Å². The molecule has 1 heterocycles. The molecule has 0 spiro atoms. The summed E-state index contributed by atoms with van der Waals surface area (Å²) >= 11 is 0. The predicted octanol–water partition coefficient (Wildman–Crippen LogP) is 4.68. The van der Waals surface area contributed by atoms with Crippen molar-refractivity contribution in [2.24, 2.45) is 11.8 Å². The zero-order valence-corrected chi connectivity index (χ0v) is 23.8. The van der Waals surface area contributed by atoms with Crippen LogP contribution in [-0.2, 0) is 38.2 Å². The summed E-state index contributed by atoms with van der Waals surface area (Å²) in [6.45, 7) is 12.3. The Morgan fingerprint density at radius 3 is 2.16 bits per heavy atom. The summed E-state index contributed by atoms with van der Waals surface area (Å²) in [5.41, 5.74) is 2.55. The Hall–Kier alpha value is -2.64. The van der Waals surface area contributed by atoms with Gasteiger partial charge < -0.3 is 19.9 Å². The lowest BCUT2D eigenvalue weighted by molar-refractivity contribution is -0.131. The average molecular weight is 519 g/mol. The molecule has 6 nitrogen and oxygen atoms in total. The van der Waals surface area contributed by atoms with Gasteiger partial charge in [0.2, 0.25) is 11.8 Å². The van der Waals surface area contributed by atoms with Gasteiger partial charge >= 0.3 is 7.12 Å². The van der Waals surface area contributed by atoms with Crippen molar-refractivity contribution >= 4 is 18.9 Å². The molecule has 2 N–H and O–H groups in total. The van der Waals surface area contributed by atoms with Crippen molar-refractivity contribution < 1.29 is 18.9 Å². The smallest absolute Gasteiger partial charge is 0.402 e. The lowest BCUT2D eigenvalue weighted by Gasteiger charge is -2.32. The number of hydrogen-bond acceptors (Lipinski definition) is 4. The number of aryl methyl sites for hydroxylation is 1. The Morgan fingerprint density at radius 1 is 0.921 bits per heavy atom. The van der Waals surface area contributed by atoms with Crippen LogP contribution in [0, 0.1) is 11.8 Å². The number of fused-ring (bicyclic) bond motifs is 1. The van der Waals surface area contributed by atoms with E-state index in [1.54, 1.807) is 0 Å². The molecule has 1 aliphatic heterocycles. The molecule has 2 unspecified atom stereocenters. The van der Waals surface area contributed by atoms with Crippen LogP contribution in [0.25, 0.3) is 0 Å². The van der Waals surface area contributed by atoms with Gasteiger partial charge in [-0.1, -0.05) is 68.4 Å². The molecular weight excluding hydrogens is 475 g/mol. The van der Waals surface area contributed by atoms with Crippen molar-refractivity contribution in [3.05, 3.63) is 71.3 Å². The topological polar surface area (TPSA) is 76.7 Å². The Morgan fingerprint density at radius 2 is 1.53 bits per heavy atom. The summed E-state index contributed by atoms with van der Waals surface area (Å²) in [5.74, 6) is -0.431. The molecule has 38 heavy (non-hydrogen) atoms. The third-order valence-electron chi connectivity index (χ3n) is 8.29. The molecule has 1 aliphatic carbocycles. The van der Waals surface area contributed by atoms with Gasteiger partial charge in [0.1, 0.15) is 6.04 Å². The van der Waals surface area contributed by atoms with Gasteiger partial charge in [0, 0.05) is 12.3 Å². The molecular formula is C31H43BN2O4. The van der Waals surface area contributed by atoms with E-state index in [-0.39, 0.29) is 23.7 Å². The average Bonchev–Trinajstić information content (AvgIpc) is 3.09. The van der Waals surface area contributed by atoms with Gasteiger partial charge in [0.05, 0.1) is 17.1 Å². The maximum Gasteiger partial charge on any atom is 0.481 e. The Bertz CT molecular complexity index is 1100. The summed E-state index contributed by atoms with van der Waals surface area (Å²) in [6.07, 6.45) is 3.48. The lowest BCUT2D eigenvalue weighted by Crippen LogP contribution is -2.56. The van der Waals surface area contributed by atoms with Crippen LogP contribution in [0.5, 0.6) is 0 Å². The molecule has 204 valence electrons. The SMILES string of the molecule is CC(C)CC(NC(=O)C(Cc1ccccc1)NC(=O)[C@H]1CCc2ccccc2C1)B1OC(C)(C)C(C)(C)O1. The summed E-state index contributed by atoms with van der Waals surface area (Å²) in [6, 6.07) is 17.5. The van der Waals surface area contributed by atoms with Gasteiger partial charge in [0.15, 0.2) is 0 Å². The molecule has 0 saturated carbocycles. The summed E-state index contributed by atoms with van der Waals surface area (Å²) < 4.78 is 12.6. The van der Waals surface area contributed by atoms with E-state index in [0.29, 0.717) is 25.2 Å². The van der Waals surface area contributed by atoms with Gasteiger partial charge in [-0.25, -0.2) is 0 Å². The van der Waals surface area contributed by atoms with E-state index in [1.165, 1.54) is 11.1 Å². The first kappa shape index (κ1) is 28.4. The second-order valence-corrected chi connectivity index (χ2v) is 12.3. The molecule has 2 aromatic rings. The molecule has 0 radical (unpaired) electrons. The maximum absolute atomic E-state index is 13.8. The first-order valence-corrected chi connectivity index (χ1v) is 14.0. The van der Waals surface area contributed by atoms with E-state index >= 15 is 0 Å². The molecule has 2 aliphatic rings. The summed E-state index contributed by atoms with van der Waals surface area (Å²) in [5, 5.41) is 6.32. The highest BCUT2D eigenvalue weighted by Crippen LogP contribution is 2.38. The highest BCUT2D eigenvalue weighted by molar-refractivity contribution is 6.48. The fraction of sp³-hybridized carbons (Fsp3) is 0.548. The number of rotatable bonds is 9. The molecule has 2 aromatic carbocycles. The van der Waals surface area contributed by atoms with Crippen molar-refractivity contribution in [3.8, 4) is 0 Å². The summed E-state index contributed by atoms with van der Waals surface area (Å²) in [7, 11) is -0.561. The number of carbonyl (C=O) groups excluding carboxylic acids is 2. The van der Waals surface area contributed by atoms with Crippen molar-refractivity contribution in [1.82, 2.24) is 10.6 Å². The lowest BCUT2D eigenvalue weighted by atomic mass is 9.73. The van der Waals surface area contributed by atoms with Crippen molar-refractivity contribution in [2.75, 3.05) is 0 Å². The minimum absolute atomic E-state index is 0.0633. The third-order valence-corrected chi connectivity index (χ3v) is 8.29. The van der Waals surface area contributed by atoms with Crippen LogP contribution in [0.4, 0.5) is 0 Å². The van der Waals surface area contributed by atoms with E-state index in [9.17, 15) is 9.59 Å². The van der Waals surface area contributed by atoms with Gasteiger partial charge in [-0.3, -0.25) is 9.59 Å². The van der Waals surface area contributed by atoms with Crippen LogP contribution in [0.15, 0.2) is 54.6 Å². The molecule has 3 atom stereocenters. The number of nitrogens with one attached hydrogen (secondary N) is 2. The molecule has 1 fully saturated rings. The minimum atomic E-state index is -0.695. The van der Waals surface area contributed by atoms with Crippen LogP contribution >= 0.6 is 0 Å². The van der Waals surface area contributed by atoms with Gasteiger partial charge in [-0.15, -0.1) is 0 Å². The number of hydrogen-bond donors (Lipinski definition) is 2. The monoisotopic (exact) mass is 518 g/mol. The quantitative estimate of drug-likeness (QED) is 0.473. The van der Waals surface area contributed by atoms with Crippen molar-refractivity contribution in [3.63, 3.8) is 0 Å². The Kier molecular flexibility index (Phi) is 8.68. The van der Waals surface area contributed by atoms with Crippen LogP contribution in [0.2, 0.25) is 0 Å². The number of carbonyl (C=O) groups is 2. The van der Waals surface area contributed by atoms with E-state index in [4.69, 9.17) is 9.31 Å². The van der Waals surface area contributed by atoms with E-state index in [0.717, 1.165) is 18.4 Å². The Balaban J connectivity index is 1.50. The van der Waals surface area contributed by atoms with Crippen molar-refractivity contribution in [2.45, 2.75) is 96.8 Å². The van der Waals surface area contributed by atoms with E-state index < -0.39 is 24.4 Å². The van der Waals surface area contributed by atoms with Crippen LogP contribution in [0.1, 0.15) is 71.1 Å². The highest BCUT2D eigenvalue weighted by Gasteiger charge is 2.54. The third kappa shape index (κ3) is 6.67. The standard InChI is InChI=1S/C31H43BN2O4/c1-21(2)18-27(32-37-30(3,4)31(5,6)38-32)34-29(36)26(19-22-12-8-7-9-13-22)33-28(35)25-17-16-23-14-10-11-15-24(23)20-25/h7-15,21,25-27H,16-20H2,1-6H3,(H,33,35)(H,34,36)/t25-,26?,27?/m0/s1. The second kappa shape index (κ2) is 11.6. The van der Waals surface area contributed by atoms with Crippen LogP contribution in [0.3, 0.4) is 0 Å². The zero-order chi connectivity index (χ0) is 27.5. The van der Waals surface area contributed by atoms with Gasteiger partial charge in [-0.05, 0) is 76.0 Å². The highest BCUT2D eigenvalue weighted by atomic mass is 16.7. The normalized spacial score (nSPS) is 21.4. The zero-order valence-electron chi connectivity index (χ0n) is 23.8. The first-order chi connectivity index (χ1) is 17.9. The number of benzene rings is 2. The number of amides is 2. The van der Waals surface area contributed by atoms with Crippen molar-refractivity contribution in [1.29, 1.82) is 0 Å². The first-order valence-electron chi connectivity index (χ1n) is 14.0. The Labute approximate surface area is 228 Å². The molecule has 4 rings (SSSR count).